The maximum absolute atomic E-state index is 12.2. The molecule has 1 aromatic heterocycles. The molecule has 0 amide bonds. The van der Waals surface area contributed by atoms with Gasteiger partial charge in [0.15, 0.2) is 16.3 Å². The van der Waals surface area contributed by atoms with E-state index < -0.39 is 55.1 Å². The zero-order valence-corrected chi connectivity index (χ0v) is 27.0. The number of nitrogens with zero attached hydrogens (tertiary/aromatic N) is 1. The third-order valence-corrected chi connectivity index (χ3v) is 7.74. The molecule has 0 saturated heterocycles. The molecule has 0 radical (unpaired) electrons. The summed E-state index contributed by atoms with van der Waals surface area (Å²) in [6, 6.07) is 7.18. The van der Waals surface area contributed by atoms with Gasteiger partial charge >= 0.3 is 26.2 Å². The Morgan fingerprint density at radius 2 is 1.90 bits per heavy atom. The Morgan fingerprint density at radius 1 is 1.19 bits per heavy atom. The Morgan fingerprint density at radius 3 is 2.55 bits per heavy atom. The van der Waals surface area contributed by atoms with E-state index in [0.717, 1.165) is 10.6 Å². The number of hydrogen-bond acceptors (Lipinski definition) is 11. The molecule has 5 unspecified atom stereocenters. The third-order valence-electron chi connectivity index (χ3n) is 5.56. The largest absolute Gasteiger partial charge is 0.466 e. The Kier molecular flexibility index (Phi) is 16.0. The van der Waals surface area contributed by atoms with Crippen molar-refractivity contribution in [3.8, 4) is 5.75 Å². The highest BCUT2D eigenvalue weighted by Crippen LogP contribution is 2.39. The van der Waals surface area contributed by atoms with Crippen LogP contribution in [0, 0.1) is 0 Å². The van der Waals surface area contributed by atoms with Gasteiger partial charge in [0.2, 0.25) is 0 Å². The first-order chi connectivity index (χ1) is 20.0. The lowest BCUT2D eigenvalue weighted by atomic mass is 10.1. The van der Waals surface area contributed by atoms with Crippen LogP contribution in [-0.4, -0.2) is 62.9 Å². The molecule has 0 fully saturated rings. The summed E-state index contributed by atoms with van der Waals surface area (Å²) in [5.41, 5.74) is -0.643. The van der Waals surface area contributed by atoms with Crippen LogP contribution in [0.15, 0.2) is 46.1 Å². The van der Waals surface area contributed by atoms with Gasteiger partial charge in [-0.15, -0.1) is 23.2 Å². The summed E-state index contributed by atoms with van der Waals surface area (Å²) in [7, 11) is -2.11. The lowest BCUT2D eigenvalue weighted by Crippen LogP contribution is -2.41. The molecule has 0 aliphatic rings. The summed E-state index contributed by atoms with van der Waals surface area (Å²) in [6.07, 6.45) is -1.28. The van der Waals surface area contributed by atoms with E-state index in [0.29, 0.717) is 30.8 Å². The Hall–Kier alpha value is -2.03. The van der Waals surface area contributed by atoms with Gasteiger partial charge in [-0.3, -0.25) is 19.1 Å². The average molecular weight is 717 g/mol. The molecule has 0 saturated carbocycles. The predicted molar refractivity (Wildman–Crippen MR) is 160 cm³/mol. The molecule has 13 nitrogen and oxygen atoms in total. The molecule has 234 valence electrons. The zero-order chi connectivity index (χ0) is 31.2. The first-order valence-electron chi connectivity index (χ1n) is 12.8. The second-order valence-corrected chi connectivity index (χ2v) is 11.5. The topological polar surface area (TPSA) is 167 Å². The van der Waals surface area contributed by atoms with Crippen LogP contribution in [0.1, 0.15) is 45.4 Å². The monoisotopic (exact) mass is 715 g/mol. The minimum Gasteiger partial charge on any atom is -0.466 e. The summed E-state index contributed by atoms with van der Waals surface area (Å²) in [5.74, 6) is -0.641. The average Bonchev–Trinajstić information content (AvgIpc) is 2.96. The zero-order valence-electron chi connectivity index (χ0n) is 23.0. The van der Waals surface area contributed by atoms with Crippen molar-refractivity contribution in [1.29, 1.82) is 0 Å². The maximum Gasteiger partial charge on any atom is 0.334 e. The van der Waals surface area contributed by atoms with Crippen molar-refractivity contribution in [3.63, 3.8) is 0 Å². The number of H-pyrrole nitrogens is 1. The number of esters is 1. The number of carbonyl (C=O) groups is 2. The van der Waals surface area contributed by atoms with Gasteiger partial charge in [0.25, 0.3) is 5.56 Å². The lowest BCUT2D eigenvalue weighted by Gasteiger charge is -2.29. The molecule has 17 heteroatoms. The number of alkyl halides is 2. The van der Waals surface area contributed by atoms with Gasteiger partial charge in [0.1, 0.15) is 35.1 Å². The minimum absolute atomic E-state index is 0.121. The Balaban J connectivity index is 2.25. The number of para-hydroxylation sites is 1. The van der Waals surface area contributed by atoms with Gasteiger partial charge in [-0.25, -0.2) is 14.7 Å². The highest BCUT2D eigenvalue weighted by atomic mass is 79.9. The number of carbonyl (C=O) groups excluding carboxylic acids is 2. The Bertz CT molecular complexity index is 1270. The number of aromatic nitrogens is 2. The molecule has 2 aromatic rings. The van der Waals surface area contributed by atoms with Crippen molar-refractivity contribution in [2.75, 3.05) is 13.2 Å². The number of aromatic amines is 1. The number of benzene rings is 1. The second kappa shape index (κ2) is 18.6. The molecule has 0 spiro atoms. The van der Waals surface area contributed by atoms with Crippen LogP contribution in [-0.2, 0) is 33.8 Å². The van der Waals surface area contributed by atoms with Crippen molar-refractivity contribution in [1.82, 2.24) is 14.6 Å². The van der Waals surface area contributed by atoms with Gasteiger partial charge in [0.05, 0.1) is 13.2 Å². The summed E-state index contributed by atoms with van der Waals surface area (Å²) in [6.45, 7) is 4.89. The van der Waals surface area contributed by atoms with E-state index in [-0.39, 0.29) is 19.0 Å². The van der Waals surface area contributed by atoms with E-state index >= 15 is 0 Å². The standard InChI is InChI=1S/C25H33BrCl2N3O10P/c1-4-13-37-21(33)10-9-17-7-5-6-8-18(17)41-42(30-15(2)24(35)40-26)38-14-19(22(34)23(27)28)39-16(3)31-12-11-20(32)29-25(31)36/h5-8,11-12,15-16,19,22-23,30,34H,4,9-10,13-14H2,1-3H3,(H,29,32,36). The van der Waals surface area contributed by atoms with Crippen LogP contribution in [0.25, 0.3) is 0 Å². The fraction of sp³-hybridized carbons (Fsp3) is 0.520. The van der Waals surface area contributed by atoms with Gasteiger partial charge < -0.3 is 27.5 Å². The van der Waals surface area contributed by atoms with Crippen LogP contribution < -0.4 is 20.9 Å². The van der Waals surface area contributed by atoms with Crippen molar-refractivity contribution >= 4 is 59.9 Å². The van der Waals surface area contributed by atoms with Crippen molar-refractivity contribution in [3.05, 3.63) is 62.9 Å². The number of rotatable bonds is 18. The van der Waals surface area contributed by atoms with Crippen molar-refractivity contribution in [2.45, 2.75) is 69.3 Å². The molecular weight excluding hydrogens is 684 g/mol. The molecule has 0 aliphatic heterocycles. The molecular formula is C25H33BrCl2N3O10P. The lowest BCUT2D eigenvalue weighted by molar-refractivity contribution is -0.143. The van der Waals surface area contributed by atoms with E-state index in [1.807, 2.05) is 6.92 Å². The highest BCUT2D eigenvalue weighted by molar-refractivity contribution is 9.06. The number of aliphatic hydroxyl groups is 1. The smallest absolute Gasteiger partial charge is 0.334 e. The summed E-state index contributed by atoms with van der Waals surface area (Å²) < 4.78 is 28.7. The highest BCUT2D eigenvalue weighted by Gasteiger charge is 2.31. The van der Waals surface area contributed by atoms with Crippen LogP contribution in [0.3, 0.4) is 0 Å². The maximum atomic E-state index is 12.2. The normalized spacial score (nSPS) is 15.0. The number of halogens is 3. The molecule has 0 aliphatic carbocycles. The number of hydrogen-bond donors (Lipinski definition) is 3. The predicted octanol–water partition coefficient (Wildman–Crippen LogP) is 3.64. The molecule has 2 rings (SSSR count). The summed E-state index contributed by atoms with van der Waals surface area (Å²) >= 11 is 14.5. The molecule has 0 bridgehead atoms. The number of ether oxygens (including phenoxy) is 2. The molecule has 3 N–H and O–H groups in total. The fourth-order valence-electron chi connectivity index (χ4n) is 3.34. The summed E-state index contributed by atoms with van der Waals surface area (Å²) in [4.78, 5) is 48.6. The van der Waals surface area contributed by atoms with Crippen LogP contribution in [0.5, 0.6) is 5.75 Å². The second-order valence-electron chi connectivity index (χ2n) is 8.84. The minimum atomic E-state index is -2.11. The quantitative estimate of drug-likeness (QED) is 0.117. The van der Waals surface area contributed by atoms with E-state index in [4.69, 9.17) is 41.7 Å². The van der Waals surface area contributed by atoms with Crippen LogP contribution in [0.4, 0.5) is 0 Å². The van der Waals surface area contributed by atoms with E-state index in [1.165, 1.54) is 20.0 Å². The van der Waals surface area contributed by atoms with Crippen LogP contribution >= 0.6 is 48.0 Å². The van der Waals surface area contributed by atoms with Gasteiger partial charge in [0, 0.05) is 18.7 Å². The molecule has 5 atom stereocenters. The van der Waals surface area contributed by atoms with Crippen LogP contribution in [0.2, 0.25) is 0 Å². The Labute approximate surface area is 262 Å². The third kappa shape index (κ3) is 11.9. The van der Waals surface area contributed by atoms with Crippen molar-refractivity contribution < 1.29 is 37.0 Å². The molecule has 1 aromatic carbocycles. The van der Waals surface area contributed by atoms with E-state index in [1.54, 1.807) is 24.3 Å². The first-order valence-corrected chi connectivity index (χ1v) is 15.5. The summed E-state index contributed by atoms with van der Waals surface area (Å²) in [5, 5.41) is 13.5. The number of aliphatic hydroxyl groups excluding tert-OH is 1. The fourth-order valence-corrected chi connectivity index (χ4v) is 5.18. The van der Waals surface area contributed by atoms with Crippen molar-refractivity contribution in [2.24, 2.45) is 0 Å². The van der Waals surface area contributed by atoms with E-state index in [9.17, 15) is 24.3 Å². The number of nitrogens with one attached hydrogen (secondary N) is 2. The van der Waals surface area contributed by atoms with Gasteiger partial charge in [-0.05, 0) is 38.3 Å². The van der Waals surface area contributed by atoms with E-state index in [2.05, 4.69) is 30.2 Å². The van der Waals surface area contributed by atoms with Gasteiger partial charge in [-0.2, -0.15) is 0 Å². The first kappa shape index (κ1) is 36.2. The SMILES string of the molecule is CCCOC(=O)CCc1ccccc1OP(NC(C)C(=O)OBr)OCC(OC(C)n1ccc(=O)[nH]c1=O)C(O)C(Cl)Cl. The molecule has 42 heavy (non-hydrogen) atoms. The van der Waals surface area contributed by atoms with Gasteiger partial charge in [-0.1, -0.05) is 25.1 Å². The number of aryl methyl sites for hydroxylation is 1. The molecule has 1 heterocycles.